The lowest BCUT2D eigenvalue weighted by Gasteiger charge is -2.30. The van der Waals surface area contributed by atoms with Crippen molar-refractivity contribution in [3.05, 3.63) is 12.2 Å². The second-order valence-electron chi connectivity index (χ2n) is 4.92. The van der Waals surface area contributed by atoms with Crippen molar-refractivity contribution in [1.29, 1.82) is 0 Å². The van der Waals surface area contributed by atoms with Crippen LogP contribution in [-0.4, -0.2) is 35.5 Å². The van der Waals surface area contributed by atoms with Gasteiger partial charge in [-0.3, -0.25) is 9.69 Å². The summed E-state index contributed by atoms with van der Waals surface area (Å²) in [5.74, 6) is -0.100. The lowest BCUT2D eigenvalue weighted by atomic mass is 9.82. The summed E-state index contributed by atoms with van der Waals surface area (Å²) in [5.41, 5.74) is 5.50. The standard InChI is InChI=1S/C12H19N3O2/c1-9(7-13)8-15-10(16)12(14-11(15)17)5-3-2-4-6-12/h1-8,13H2,(H,14,17). The zero-order valence-corrected chi connectivity index (χ0v) is 10.00. The van der Waals surface area contributed by atoms with Gasteiger partial charge in [0.15, 0.2) is 0 Å². The molecule has 17 heavy (non-hydrogen) atoms. The third-order valence-corrected chi connectivity index (χ3v) is 3.62. The van der Waals surface area contributed by atoms with Crippen molar-refractivity contribution in [3.8, 4) is 0 Å². The molecular formula is C12H19N3O2. The third kappa shape index (κ3) is 2.07. The predicted molar refractivity (Wildman–Crippen MR) is 64.3 cm³/mol. The molecule has 0 aromatic heterocycles. The van der Waals surface area contributed by atoms with Gasteiger partial charge in [-0.25, -0.2) is 4.79 Å². The van der Waals surface area contributed by atoms with Crippen LogP contribution in [0.15, 0.2) is 12.2 Å². The second-order valence-corrected chi connectivity index (χ2v) is 4.92. The van der Waals surface area contributed by atoms with E-state index in [9.17, 15) is 9.59 Å². The molecule has 0 aromatic carbocycles. The number of hydrogen-bond acceptors (Lipinski definition) is 3. The Labute approximate surface area is 101 Å². The Morgan fingerprint density at radius 2 is 2.00 bits per heavy atom. The topological polar surface area (TPSA) is 75.4 Å². The van der Waals surface area contributed by atoms with Gasteiger partial charge < -0.3 is 11.1 Å². The number of imide groups is 1. The highest BCUT2D eigenvalue weighted by Crippen LogP contribution is 2.33. The first-order valence-corrected chi connectivity index (χ1v) is 6.10. The van der Waals surface area contributed by atoms with Crippen LogP contribution in [0.5, 0.6) is 0 Å². The quantitative estimate of drug-likeness (QED) is 0.562. The Hall–Kier alpha value is -1.36. The molecule has 2 aliphatic rings. The molecule has 0 radical (unpaired) electrons. The Morgan fingerprint density at radius 3 is 2.59 bits per heavy atom. The van der Waals surface area contributed by atoms with E-state index >= 15 is 0 Å². The molecule has 1 saturated heterocycles. The van der Waals surface area contributed by atoms with Crippen molar-refractivity contribution in [3.63, 3.8) is 0 Å². The summed E-state index contributed by atoms with van der Waals surface area (Å²) >= 11 is 0. The van der Waals surface area contributed by atoms with Crippen LogP contribution >= 0.6 is 0 Å². The molecule has 0 aromatic rings. The van der Waals surface area contributed by atoms with Gasteiger partial charge in [-0.2, -0.15) is 0 Å². The van der Waals surface area contributed by atoms with Gasteiger partial charge in [0.1, 0.15) is 5.54 Å². The Balaban J connectivity index is 2.13. The summed E-state index contributed by atoms with van der Waals surface area (Å²) in [4.78, 5) is 25.4. The molecule has 2 fully saturated rings. The first-order valence-electron chi connectivity index (χ1n) is 6.10. The Kier molecular flexibility index (Phi) is 3.19. The van der Waals surface area contributed by atoms with Crippen LogP contribution in [0.4, 0.5) is 4.79 Å². The maximum atomic E-state index is 12.3. The molecular weight excluding hydrogens is 218 g/mol. The van der Waals surface area contributed by atoms with Gasteiger partial charge in [0.2, 0.25) is 0 Å². The van der Waals surface area contributed by atoms with Gasteiger partial charge in [-0.05, 0) is 18.4 Å². The van der Waals surface area contributed by atoms with Crippen molar-refractivity contribution in [1.82, 2.24) is 10.2 Å². The zero-order valence-electron chi connectivity index (χ0n) is 10.00. The highest BCUT2D eigenvalue weighted by Gasteiger charge is 2.51. The number of hydrogen-bond donors (Lipinski definition) is 2. The number of carbonyl (C=O) groups is 2. The SMILES string of the molecule is C=C(CN)CN1C(=O)NC2(CCCCC2)C1=O. The fourth-order valence-corrected chi connectivity index (χ4v) is 2.60. The highest BCUT2D eigenvalue weighted by atomic mass is 16.2. The molecule has 1 aliphatic carbocycles. The van der Waals surface area contributed by atoms with Gasteiger partial charge in [-0.15, -0.1) is 0 Å². The molecule has 5 heteroatoms. The number of rotatable bonds is 3. The van der Waals surface area contributed by atoms with Crippen LogP contribution < -0.4 is 11.1 Å². The molecule has 3 N–H and O–H groups in total. The van der Waals surface area contributed by atoms with Crippen LogP contribution in [0.2, 0.25) is 0 Å². The largest absolute Gasteiger partial charge is 0.327 e. The average molecular weight is 237 g/mol. The number of nitrogens with two attached hydrogens (primary N) is 1. The van der Waals surface area contributed by atoms with Crippen LogP contribution in [0, 0.1) is 0 Å². The first-order chi connectivity index (χ1) is 8.09. The molecule has 1 heterocycles. The third-order valence-electron chi connectivity index (χ3n) is 3.62. The van der Waals surface area contributed by atoms with E-state index in [4.69, 9.17) is 5.73 Å². The van der Waals surface area contributed by atoms with Crippen LogP contribution in [0.1, 0.15) is 32.1 Å². The van der Waals surface area contributed by atoms with Crippen molar-refractivity contribution >= 4 is 11.9 Å². The van der Waals surface area contributed by atoms with Crippen LogP contribution in [0.3, 0.4) is 0 Å². The lowest BCUT2D eigenvalue weighted by Crippen LogP contribution is -2.48. The van der Waals surface area contributed by atoms with E-state index in [0.717, 1.165) is 32.1 Å². The van der Waals surface area contributed by atoms with Gasteiger partial charge in [-0.1, -0.05) is 25.8 Å². The van der Waals surface area contributed by atoms with E-state index in [1.165, 1.54) is 4.90 Å². The van der Waals surface area contributed by atoms with Gasteiger partial charge in [0, 0.05) is 6.54 Å². The normalized spacial score (nSPS) is 23.0. The molecule has 5 nitrogen and oxygen atoms in total. The monoisotopic (exact) mass is 237 g/mol. The van der Waals surface area contributed by atoms with E-state index < -0.39 is 5.54 Å². The van der Waals surface area contributed by atoms with E-state index in [2.05, 4.69) is 11.9 Å². The maximum Gasteiger partial charge on any atom is 0.325 e. The lowest BCUT2D eigenvalue weighted by molar-refractivity contribution is -0.132. The van der Waals surface area contributed by atoms with E-state index in [-0.39, 0.29) is 18.5 Å². The minimum atomic E-state index is -0.635. The molecule has 0 unspecified atom stereocenters. The maximum absolute atomic E-state index is 12.3. The van der Waals surface area contributed by atoms with Crippen molar-refractivity contribution in [2.45, 2.75) is 37.6 Å². The minimum absolute atomic E-state index is 0.100. The summed E-state index contributed by atoms with van der Waals surface area (Å²) in [7, 11) is 0. The number of nitrogens with one attached hydrogen (secondary N) is 1. The van der Waals surface area contributed by atoms with Crippen LogP contribution in [-0.2, 0) is 4.79 Å². The second kappa shape index (κ2) is 4.49. The Bertz CT molecular complexity index is 359. The molecule has 0 atom stereocenters. The smallest absolute Gasteiger partial charge is 0.325 e. The molecule has 3 amide bonds. The highest BCUT2D eigenvalue weighted by molar-refractivity contribution is 6.07. The molecule has 94 valence electrons. The fraction of sp³-hybridized carbons (Fsp3) is 0.667. The summed E-state index contributed by atoms with van der Waals surface area (Å²) in [6.45, 7) is 4.27. The fourth-order valence-electron chi connectivity index (χ4n) is 2.60. The number of carbonyl (C=O) groups excluding carboxylic acids is 2. The van der Waals surface area contributed by atoms with Crippen molar-refractivity contribution in [2.24, 2.45) is 5.73 Å². The minimum Gasteiger partial charge on any atom is -0.327 e. The molecule has 2 rings (SSSR count). The molecule has 1 aliphatic heterocycles. The number of urea groups is 1. The molecule has 1 spiro atoms. The first kappa shape index (κ1) is 12.1. The van der Waals surface area contributed by atoms with Gasteiger partial charge in [0.25, 0.3) is 5.91 Å². The van der Waals surface area contributed by atoms with Crippen LogP contribution in [0.25, 0.3) is 0 Å². The predicted octanol–water partition coefficient (Wildman–Crippen LogP) is 0.756. The number of amides is 3. The molecule has 1 saturated carbocycles. The summed E-state index contributed by atoms with van der Waals surface area (Å²) < 4.78 is 0. The van der Waals surface area contributed by atoms with E-state index in [1.54, 1.807) is 0 Å². The average Bonchev–Trinajstić information content (AvgIpc) is 2.55. The Morgan fingerprint density at radius 1 is 1.35 bits per heavy atom. The van der Waals surface area contributed by atoms with E-state index in [1.807, 2.05) is 0 Å². The van der Waals surface area contributed by atoms with Gasteiger partial charge >= 0.3 is 6.03 Å². The van der Waals surface area contributed by atoms with Gasteiger partial charge in [0.05, 0.1) is 6.54 Å². The summed E-state index contributed by atoms with van der Waals surface area (Å²) in [5, 5.41) is 2.85. The zero-order chi connectivity index (χ0) is 12.5. The number of nitrogens with zero attached hydrogens (tertiary/aromatic N) is 1. The van der Waals surface area contributed by atoms with Crippen molar-refractivity contribution in [2.75, 3.05) is 13.1 Å². The summed E-state index contributed by atoms with van der Waals surface area (Å²) in [6.07, 6.45) is 4.64. The van der Waals surface area contributed by atoms with E-state index in [0.29, 0.717) is 12.1 Å². The molecule has 0 bridgehead atoms. The van der Waals surface area contributed by atoms with Crippen molar-refractivity contribution < 1.29 is 9.59 Å². The summed E-state index contributed by atoms with van der Waals surface area (Å²) in [6, 6.07) is -0.300.